The highest BCUT2D eigenvalue weighted by Crippen LogP contribution is 2.12. The Labute approximate surface area is 122 Å². The van der Waals surface area contributed by atoms with E-state index in [9.17, 15) is 14.4 Å². The van der Waals surface area contributed by atoms with Crippen LogP contribution in [0.4, 0.5) is 4.79 Å². The number of aliphatic carboxylic acids is 1. The third kappa shape index (κ3) is 5.13. The lowest BCUT2D eigenvalue weighted by Crippen LogP contribution is -2.45. The van der Waals surface area contributed by atoms with Gasteiger partial charge in [-0.2, -0.15) is 0 Å². The highest BCUT2D eigenvalue weighted by Gasteiger charge is 2.22. The highest BCUT2D eigenvalue weighted by atomic mass is 16.4. The zero-order valence-corrected chi connectivity index (χ0v) is 12.0. The number of carbonyl (C=O) groups is 3. The molecule has 0 aliphatic rings. The molecule has 0 aromatic heterocycles. The van der Waals surface area contributed by atoms with Gasteiger partial charge in [0.25, 0.3) is 0 Å². The Morgan fingerprint density at radius 3 is 2.38 bits per heavy atom. The van der Waals surface area contributed by atoms with E-state index in [1.807, 2.05) is 6.92 Å². The molecule has 0 saturated heterocycles. The fraction of sp³-hybridized carbons (Fsp3) is 0.357. The van der Waals surface area contributed by atoms with Gasteiger partial charge in [0.15, 0.2) is 6.04 Å². The van der Waals surface area contributed by atoms with Gasteiger partial charge in [-0.15, -0.1) is 0 Å². The number of benzene rings is 1. The smallest absolute Gasteiger partial charge is 0.330 e. The van der Waals surface area contributed by atoms with Crippen LogP contribution in [0.5, 0.6) is 0 Å². The van der Waals surface area contributed by atoms with Gasteiger partial charge >= 0.3 is 12.0 Å². The Morgan fingerprint density at radius 2 is 1.86 bits per heavy atom. The van der Waals surface area contributed by atoms with Crippen LogP contribution in [0.15, 0.2) is 30.3 Å². The third-order valence-electron chi connectivity index (χ3n) is 2.96. The zero-order valence-electron chi connectivity index (χ0n) is 12.0. The molecule has 0 fully saturated rings. The lowest BCUT2D eigenvalue weighted by Gasteiger charge is -2.17. The quantitative estimate of drug-likeness (QED) is 0.715. The molecule has 0 aliphatic carbocycles. The van der Waals surface area contributed by atoms with E-state index in [2.05, 4.69) is 10.6 Å². The maximum atomic E-state index is 11.7. The van der Waals surface area contributed by atoms with E-state index in [-0.39, 0.29) is 12.5 Å². The fourth-order valence-electron chi connectivity index (χ4n) is 1.58. The fourth-order valence-corrected chi connectivity index (χ4v) is 1.58. The summed E-state index contributed by atoms with van der Waals surface area (Å²) >= 11 is 0. The summed E-state index contributed by atoms with van der Waals surface area (Å²) in [7, 11) is 1.62. The second-order valence-electron chi connectivity index (χ2n) is 4.42. The number of nitrogens with zero attached hydrogens (tertiary/aromatic N) is 1. The second kappa shape index (κ2) is 7.88. The molecular weight excluding hydrogens is 274 g/mol. The average Bonchev–Trinajstić information content (AvgIpc) is 2.49. The van der Waals surface area contributed by atoms with Gasteiger partial charge < -0.3 is 20.6 Å². The predicted octanol–water partition coefficient (Wildman–Crippen LogP) is 0.590. The summed E-state index contributed by atoms with van der Waals surface area (Å²) < 4.78 is 0. The first-order valence-corrected chi connectivity index (χ1v) is 6.51. The van der Waals surface area contributed by atoms with Crippen molar-refractivity contribution in [2.75, 3.05) is 20.1 Å². The normalized spacial score (nSPS) is 11.3. The van der Waals surface area contributed by atoms with Crippen LogP contribution in [0.3, 0.4) is 0 Å². The van der Waals surface area contributed by atoms with Gasteiger partial charge in [0.1, 0.15) is 0 Å². The monoisotopic (exact) mass is 293 g/mol. The van der Waals surface area contributed by atoms with E-state index in [0.29, 0.717) is 12.1 Å². The van der Waals surface area contributed by atoms with Crippen molar-refractivity contribution in [1.29, 1.82) is 0 Å². The molecule has 0 aliphatic heterocycles. The maximum absolute atomic E-state index is 11.7. The highest BCUT2D eigenvalue weighted by molar-refractivity contribution is 5.87. The summed E-state index contributed by atoms with van der Waals surface area (Å²) in [6.07, 6.45) is 0. The molecule has 3 N–H and O–H groups in total. The molecule has 0 spiro atoms. The molecule has 3 amide bonds. The Bertz CT molecular complexity index is 504. The van der Waals surface area contributed by atoms with Crippen molar-refractivity contribution in [2.24, 2.45) is 0 Å². The topological polar surface area (TPSA) is 98.7 Å². The van der Waals surface area contributed by atoms with Crippen LogP contribution in [-0.4, -0.2) is 48.1 Å². The van der Waals surface area contributed by atoms with Crippen LogP contribution in [0.2, 0.25) is 0 Å². The summed E-state index contributed by atoms with van der Waals surface area (Å²) in [5.74, 6) is -1.42. The molecule has 1 atom stereocenters. The van der Waals surface area contributed by atoms with Crippen molar-refractivity contribution in [3.63, 3.8) is 0 Å². The molecule has 7 heteroatoms. The minimum atomic E-state index is -1.17. The van der Waals surface area contributed by atoms with Crippen molar-refractivity contribution in [3.05, 3.63) is 35.9 Å². The van der Waals surface area contributed by atoms with E-state index in [0.717, 1.165) is 0 Å². The first-order chi connectivity index (χ1) is 9.95. The minimum Gasteiger partial charge on any atom is -0.479 e. The van der Waals surface area contributed by atoms with Crippen LogP contribution in [0, 0.1) is 0 Å². The summed E-state index contributed by atoms with van der Waals surface area (Å²) in [6, 6.07) is 6.47. The molecule has 0 heterocycles. The van der Waals surface area contributed by atoms with Gasteiger partial charge in [-0.1, -0.05) is 30.3 Å². The number of nitrogens with one attached hydrogen (secondary N) is 2. The standard InChI is InChI=1S/C14H19N3O4/c1-3-17(2)11(18)9-15-14(21)16-12(13(19)20)10-7-5-4-6-8-10/h4-8,12H,3,9H2,1-2H3,(H,19,20)(H2,15,16,21). The van der Waals surface area contributed by atoms with Gasteiger partial charge in [0.05, 0.1) is 6.54 Å². The van der Waals surface area contributed by atoms with Crippen LogP contribution in [0.1, 0.15) is 18.5 Å². The van der Waals surface area contributed by atoms with Crippen molar-refractivity contribution in [1.82, 2.24) is 15.5 Å². The number of carbonyl (C=O) groups excluding carboxylic acids is 2. The number of carboxylic acids is 1. The van der Waals surface area contributed by atoms with Gasteiger partial charge in [0, 0.05) is 13.6 Å². The number of hydrogen-bond donors (Lipinski definition) is 3. The molecule has 1 rings (SSSR count). The molecule has 1 aromatic rings. The van der Waals surface area contributed by atoms with Gasteiger partial charge in [-0.3, -0.25) is 4.79 Å². The maximum Gasteiger partial charge on any atom is 0.330 e. The summed E-state index contributed by atoms with van der Waals surface area (Å²) in [5.41, 5.74) is 0.456. The summed E-state index contributed by atoms with van der Waals surface area (Å²) in [4.78, 5) is 35.9. The number of amides is 3. The Balaban J connectivity index is 2.59. The van der Waals surface area contributed by atoms with Crippen molar-refractivity contribution >= 4 is 17.9 Å². The lowest BCUT2D eigenvalue weighted by atomic mass is 10.1. The molecule has 114 valence electrons. The lowest BCUT2D eigenvalue weighted by molar-refractivity contribution is -0.139. The van der Waals surface area contributed by atoms with Crippen molar-refractivity contribution in [3.8, 4) is 0 Å². The summed E-state index contributed by atoms with van der Waals surface area (Å²) in [5, 5.41) is 13.8. The molecule has 7 nitrogen and oxygen atoms in total. The van der Waals surface area contributed by atoms with E-state index in [4.69, 9.17) is 5.11 Å². The van der Waals surface area contributed by atoms with Crippen molar-refractivity contribution < 1.29 is 19.5 Å². The second-order valence-corrected chi connectivity index (χ2v) is 4.42. The van der Waals surface area contributed by atoms with Gasteiger partial charge in [-0.25, -0.2) is 9.59 Å². The van der Waals surface area contributed by atoms with Gasteiger partial charge in [0.2, 0.25) is 5.91 Å². The molecule has 1 aromatic carbocycles. The van der Waals surface area contributed by atoms with Crippen molar-refractivity contribution in [2.45, 2.75) is 13.0 Å². The van der Waals surface area contributed by atoms with Crippen LogP contribution < -0.4 is 10.6 Å². The van der Waals surface area contributed by atoms with Gasteiger partial charge in [-0.05, 0) is 12.5 Å². The Morgan fingerprint density at radius 1 is 1.24 bits per heavy atom. The summed E-state index contributed by atoms with van der Waals surface area (Å²) in [6.45, 7) is 2.16. The Hall–Kier alpha value is -2.57. The predicted molar refractivity (Wildman–Crippen MR) is 76.7 cm³/mol. The number of rotatable bonds is 6. The molecule has 0 saturated carbocycles. The molecular formula is C14H19N3O4. The zero-order chi connectivity index (χ0) is 15.8. The molecule has 21 heavy (non-hydrogen) atoms. The number of likely N-dealkylation sites (N-methyl/N-ethyl adjacent to an activating group) is 1. The molecule has 0 bridgehead atoms. The molecule has 1 unspecified atom stereocenters. The largest absolute Gasteiger partial charge is 0.479 e. The number of carboxylic acid groups (broad SMARTS) is 1. The molecule has 0 radical (unpaired) electrons. The minimum absolute atomic E-state index is 0.183. The number of urea groups is 1. The van der Waals surface area contributed by atoms with E-state index in [1.165, 1.54) is 4.90 Å². The SMILES string of the molecule is CCN(C)C(=O)CNC(=O)NC(C(=O)O)c1ccccc1. The average molecular weight is 293 g/mol. The van der Waals surface area contributed by atoms with E-state index >= 15 is 0 Å². The Kier molecular flexibility index (Phi) is 6.19. The van der Waals surface area contributed by atoms with E-state index in [1.54, 1.807) is 37.4 Å². The number of hydrogen-bond acceptors (Lipinski definition) is 3. The first-order valence-electron chi connectivity index (χ1n) is 6.51. The van der Waals surface area contributed by atoms with Crippen LogP contribution in [0.25, 0.3) is 0 Å². The third-order valence-corrected chi connectivity index (χ3v) is 2.96. The van der Waals surface area contributed by atoms with E-state index < -0.39 is 18.0 Å². The van der Waals surface area contributed by atoms with Crippen LogP contribution >= 0.6 is 0 Å². The van der Waals surface area contributed by atoms with Crippen LogP contribution in [-0.2, 0) is 9.59 Å². The first kappa shape index (κ1) is 16.5.